The number of likely N-dealkylation sites (N-methyl/N-ethyl adjacent to an activating group) is 1. The predicted molar refractivity (Wildman–Crippen MR) is 88.4 cm³/mol. The second kappa shape index (κ2) is 8.66. The maximum Gasteiger partial charge on any atom is 0.240 e. The molecule has 0 aliphatic heterocycles. The van der Waals surface area contributed by atoms with Crippen molar-refractivity contribution in [2.75, 3.05) is 26.2 Å². The molecule has 1 aromatic rings. The van der Waals surface area contributed by atoms with E-state index in [9.17, 15) is 9.59 Å². The van der Waals surface area contributed by atoms with Gasteiger partial charge in [-0.1, -0.05) is 44.2 Å². The van der Waals surface area contributed by atoms with Crippen LogP contribution in [-0.4, -0.2) is 42.9 Å². The molecule has 2 amide bonds. The van der Waals surface area contributed by atoms with E-state index in [1.807, 2.05) is 62.9 Å². The van der Waals surface area contributed by atoms with Gasteiger partial charge >= 0.3 is 0 Å². The monoisotopic (exact) mass is 305 g/mol. The van der Waals surface area contributed by atoms with Crippen molar-refractivity contribution in [1.29, 1.82) is 0 Å². The van der Waals surface area contributed by atoms with E-state index in [2.05, 4.69) is 10.6 Å². The summed E-state index contributed by atoms with van der Waals surface area (Å²) in [6.07, 6.45) is 0. The normalized spacial score (nSPS) is 11.5. The number of nitrogens with zero attached hydrogens (tertiary/aromatic N) is 1. The Bertz CT molecular complexity index is 482. The van der Waals surface area contributed by atoms with Gasteiger partial charge in [0, 0.05) is 5.54 Å². The zero-order valence-corrected chi connectivity index (χ0v) is 14.0. The van der Waals surface area contributed by atoms with E-state index in [4.69, 9.17) is 0 Å². The van der Waals surface area contributed by atoms with Gasteiger partial charge in [-0.05, 0) is 32.5 Å². The highest BCUT2D eigenvalue weighted by atomic mass is 16.2. The molecule has 1 aromatic carbocycles. The smallest absolute Gasteiger partial charge is 0.240 e. The Morgan fingerprint density at radius 3 is 2.18 bits per heavy atom. The van der Waals surface area contributed by atoms with Crippen molar-refractivity contribution in [2.45, 2.75) is 33.2 Å². The average molecular weight is 305 g/mol. The van der Waals surface area contributed by atoms with Crippen molar-refractivity contribution in [2.24, 2.45) is 0 Å². The molecule has 0 saturated carbocycles. The topological polar surface area (TPSA) is 61.4 Å². The van der Waals surface area contributed by atoms with Crippen molar-refractivity contribution >= 4 is 11.8 Å². The Balaban J connectivity index is 2.44. The quantitative estimate of drug-likeness (QED) is 0.764. The third-order valence-corrected chi connectivity index (χ3v) is 3.73. The van der Waals surface area contributed by atoms with E-state index in [1.165, 1.54) is 0 Å². The second-order valence-electron chi connectivity index (χ2n) is 5.78. The van der Waals surface area contributed by atoms with Crippen LogP contribution in [0.1, 0.15) is 33.3 Å². The number of hydrogen-bond donors (Lipinski definition) is 2. The molecule has 0 atom stereocenters. The van der Waals surface area contributed by atoms with Crippen LogP contribution >= 0.6 is 0 Å². The Labute approximate surface area is 133 Å². The van der Waals surface area contributed by atoms with Crippen LogP contribution in [0.3, 0.4) is 0 Å². The van der Waals surface area contributed by atoms with Crippen molar-refractivity contribution in [1.82, 2.24) is 15.5 Å². The SMILES string of the molecule is CCN(CC)CC(=O)NC(=O)CNC(C)(C)c1ccccc1. The Kier molecular flexibility index (Phi) is 7.21. The lowest BCUT2D eigenvalue weighted by atomic mass is 9.94. The first kappa shape index (κ1) is 18.3. The number of imide groups is 1. The molecule has 0 saturated heterocycles. The molecule has 0 spiro atoms. The highest BCUT2D eigenvalue weighted by Gasteiger charge is 2.21. The van der Waals surface area contributed by atoms with Crippen LogP contribution in [0.4, 0.5) is 0 Å². The zero-order valence-electron chi connectivity index (χ0n) is 14.0. The standard InChI is InChI=1S/C17H27N3O2/c1-5-20(6-2)13-16(22)19-15(21)12-18-17(3,4)14-10-8-7-9-11-14/h7-11,18H,5-6,12-13H2,1-4H3,(H,19,21,22). The molecule has 0 radical (unpaired) electrons. The predicted octanol–water partition coefficient (Wildman–Crippen LogP) is 1.50. The number of carbonyl (C=O) groups is 2. The summed E-state index contributed by atoms with van der Waals surface area (Å²) in [6.45, 7) is 9.92. The van der Waals surface area contributed by atoms with E-state index in [0.29, 0.717) is 0 Å². The van der Waals surface area contributed by atoms with Crippen LogP contribution in [0, 0.1) is 0 Å². The number of nitrogens with one attached hydrogen (secondary N) is 2. The molecule has 0 aliphatic rings. The Morgan fingerprint density at radius 1 is 1.05 bits per heavy atom. The van der Waals surface area contributed by atoms with Crippen LogP contribution in [0.2, 0.25) is 0 Å². The van der Waals surface area contributed by atoms with Gasteiger partial charge in [-0.3, -0.25) is 25.1 Å². The van der Waals surface area contributed by atoms with E-state index >= 15 is 0 Å². The Morgan fingerprint density at radius 2 is 1.64 bits per heavy atom. The molecule has 0 unspecified atom stereocenters. The molecule has 22 heavy (non-hydrogen) atoms. The lowest BCUT2D eigenvalue weighted by Gasteiger charge is -2.26. The summed E-state index contributed by atoms with van der Waals surface area (Å²) in [7, 11) is 0. The van der Waals surface area contributed by atoms with E-state index in [-0.39, 0.29) is 30.4 Å². The summed E-state index contributed by atoms with van der Waals surface area (Å²) < 4.78 is 0. The first-order chi connectivity index (χ1) is 10.4. The lowest BCUT2D eigenvalue weighted by Crippen LogP contribution is -2.47. The van der Waals surface area contributed by atoms with Crippen molar-refractivity contribution in [3.63, 3.8) is 0 Å². The van der Waals surface area contributed by atoms with Crippen LogP contribution in [0.5, 0.6) is 0 Å². The van der Waals surface area contributed by atoms with Crippen molar-refractivity contribution < 1.29 is 9.59 Å². The summed E-state index contributed by atoms with van der Waals surface area (Å²) in [5, 5.41) is 5.60. The summed E-state index contributed by atoms with van der Waals surface area (Å²) in [6, 6.07) is 9.91. The molecule has 0 fully saturated rings. The molecule has 122 valence electrons. The fourth-order valence-electron chi connectivity index (χ4n) is 2.15. The van der Waals surface area contributed by atoms with Crippen molar-refractivity contribution in [3.8, 4) is 0 Å². The number of benzene rings is 1. The van der Waals surface area contributed by atoms with Gasteiger partial charge in [-0.2, -0.15) is 0 Å². The number of amides is 2. The lowest BCUT2D eigenvalue weighted by molar-refractivity contribution is -0.130. The van der Waals surface area contributed by atoms with Crippen molar-refractivity contribution in [3.05, 3.63) is 35.9 Å². The average Bonchev–Trinajstić information content (AvgIpc) is 2.51. The summed E-state index contributed by atoms with van der Waals surface area (Å²) in [4.78, 5) is 25.6. The summed E-state index contributed by atoms with van der Waals surface area (Å²) >= 11 is 0. The first-order valence-electron chi connectivity index (χ1n) is 7.74. The molecule has 5 nitrogen and oxygen atoms in total. The summed E-state index contributed by atoms with van der Waals surface area (Å²) in [5.74, 6) is -0.561. The molecule has 5 heteroatoms. The van der Waals surface area contributed by atoms with Gasteiger partial charge in [0.05, 0.1) is 13.1 Å². The fraction of sp³-hybridized carbons (Fsp3) is 0.529. The van der Waals surface area contributed by atoms with Gasteiger partial charge in [0.2, 0.25) is 11.8 Å². The van der Waals surface area contributed by atoms with Gasteiger partial charge < -0.3 is 0 Å². The number of rotatable bonds is 8. The van der Waals surface area contributed by atoms with E-state index < -0.39 is 0 Å². The molecule has 0 aromatic heterocycles. The third-order valence-electron chi connectivity index (χ3n) is 3.73. The summed E-state index contributed by atoms with van der Waals surface area (Å²) in [5.41, 5.74) is 0.762. The van der Waals surface area contributed by atoms with Gasteiger partial charge in [0.25, 0.3) is 0 Å². The second-order valence-corrected chi connectivity index (χ2v) is 5.78. The molecule has 0 heterocycles. The van der Waals surface area contributed by atoms with Gasteiger partial charge in [-0.15, -0.1) is 0 Å². The Hall–Kier alpha value is -1.72. The number of carbonyl (C=O) groups excluding carboxylic acids is 2. The van der Waals surface area contributed by atoms with Crippen LogP contribution in [0.15, 0.2) is 30.3 Å². The van der Waals surface area contributed by atoms with Gasteiger partial charge in [0.15, 0.2) is 0 Å². The van der Waals surface area contributed by atoms with Gasteiger partial charge in [-0.25, -0.2) is 0 Å². The van der Waals surface area contributed by atoms with E-state index in [1.54, 1.807) is 0 Å². The third kappa shape index (κ3) is 5.95. The van der Waals surface area contributed by atoms with Crippen LogP contribution < -0.4 is 10.6 Å². The molecule has 0 aliphatic carbocycles. The first-order valence-corrected chi connectivity index (χ1v) is 7.74. The van der Waals surface area contributed by atoms with E-state index in [0.717, 1.165) is 18.7 Å². The van der Waals surface area contributed by atoms with Crippen LogP contribution in [-0.2, 0) is 15.1 Å². The molecule has 0 bridgehead atoms. The highest BCUT2D eigenvalue weighted by molar-refractivity contribution is 5.97. The number of hydrogen-bond acceptors (Lipinski definition) is 4. The maximum atomic E-state index is 11.9. The fourth-order valence-corrected chi connectivity index (χ4v) is 2.15. The maximum absolute atomic E-state index is 11.9. The molecular weight excluding hydrogens is 278 g/mol. The highest BCUT2D eigenvalue weighted by Crippen LogP contribution is 2.18. The zero-order chi connectivity index (χ0) is 16.6. The largest absolute Gasteiger partial charge is 0.299 e. The minimum absolute atomic E-state index is 0.103. The van der Waals surface area contributed by atoms with Gasteiger partial charge in [0.1, 0.15) is 0 Å². The van der Waals surface area contributed by atoms with Crippen LogP contribution in [0.25, 0.3) is 0 Å². The molecular formula is C17H27N3O2. The molecule has 2 N–H and O–H groups in total. The molecule has 1 rings (SSSR count). The minimum atomic E-state index is -0.333. The minimum Gasteiger partial charge on any atom is -0.299 e.